The lowest BCUT2D eigenvalue weighted by Gasteiger charge is -2.36. The van der Waals surface area contributed by atoms with Crippen LogP contribution in [0.4, 0.5) is 0 Å². The fourth-order valence-electron chi connectivity index (χ4n) is 3.28. The molecule has 1 fully saturated rings. The second-order valence-corrected chi connectivity index (χ2v) is 6.15. The molecule has 0 amide bonds. The maximum atomic E-state index is 3.42. The highest BCUT2D eigenvalue weighted by atomic mass is 15.1. The Hall–Kier alpha value is -0.0800. The number of rotatable bonds is 8. The van der Waals surface area contributed by atoms with Gasteiger partial charge < -0.3 is 10.2 Å². The van der Waals surface area contributed by atoms with Crippen molar-refractivity contribution in [1.82, 2.24) is 10.2 Å². The van der Waals surface area contributed by atoms with Crippen molar-refractivity contribution in [3.63, 3.8) is 0 Å². The van der Waals surface area contributed by atoms with Gasteiger partial charge in [-0.25, -0.2) is 0 Å². The third kappa shape index (κ3) is 5.27. The molecule has 0 aromatic heterocycles. The summed E-state index contributed by atoms with van der Waals surface area (Å²) in [5.41, 5.74) is 0. The van der Waals surface area contributed by atoms with E-state index >= 15 is 0 Å². The molecule has 0 radical (unpaired) electrons. The van der Waals surface area contributed by atoms with Crippen LogP contribution in [-0.4, -0.2) is 37.6 Å². The molecule has 18 heavy (non-hydrogen) atoms. The van der Waals surface area contributed by atoms with Crippen LogP contribution in [0.1, 0.15) is 65.2 Å². The Balaban J connectivity index is 2.28. The summed E-state index contributed by atoms with van der Waals surface area (Å²) in [6, 6.07) is 1.61. The van der Waals surface area contributed by atoms with Crippen LogP contribution in [0.2, 0.25) is 0 Å². The number of unbranched alkanes of at least 4 members (excludes halogenated alkanes) is 1. The van der Waals surface area contributed by atoms with Gasteiger partial charge in [0, 0.05) is 18.6 Å². The van der Waals surface area contributed by atoms with Crippen LogP contribution in [0.5, 0.6) is 0 Å². The molecule has 1 aliphatic rings. The van der Waals surface area contributed by atoms with Crippen molar-refractivity contribution in [1.29, 1.82) is 0 Å². The number of nitrogens with one attached hydrogen (secondary N) is 1. The Morgan fingerprint density at radius 3 is 2.33 bits per heavy atom. The molecule has 0 heterocycles. The first-order valence-electron chi connectivity index (χ1n) is 8.08. The second-order valence-electron chi connectivity index (χ2n) is 6.15. The summed E-state index contributed by atoms with van der Waals surface area (Å²) < 4.78 is 0. The lowest BCUT2D eigenvalue weighted by molar-refractivity contribution is 0.149. The van der Waals surface area contributed by atoms with Crippen LogP contribution < -0.4 is 5.32 Å². The van der Waals surface area contributed by atoms with E-state index in [-0.39, 0.29) is 0 Å². The van der Waals surface area contributed by atoms with Crippen molar-refractivity contribution in [2.45, 2.75) is 77.3 Å². The Morgan fingerprint density at radius 2 is 1.83 bits per heavy atom. The maximum absolute atomic E-state index is 3.42. The van der Waals surface area contributed by atoms with Crippen molar-refractivity contribution < 1.29 is 0 Å². The number of hydrogen-bond donors (Lipinski definition) is 1. The summed E-state index contributed by atoms with van der Waals surface area (Å²) in [6.07, 6.45) is 11.0. The average Bonchev–Trinajstić information content (AvgIpc) is 2.43. The zero-order valence-corrected chi connectivity index (χ0v) is 13.0. The van der Waals surface area contributed by atoms with Crippen LogP contribution in [0, 0.1) is 5.92 Å². The molecule has 0 aliphatic heterocycles. The van der Waals surface area contributed by atoms with Gasteiger partial charge >= 0.3 is 0 Å². The topological polar surface area (TPSA) is 15.3 Å². The molecule has 1 rings (SSSR count). The van der Waals surface area contributed by atoms with Gasteiger partial charge in [-0.15, -0.1) is 0 Å². The predicted octanol–water partition coefficient (Wildman–Crippen LogP) is 3.67. The van der Waals surface area contributed by atoms with Crippen molar-refractivity contribution in [2.75, 3.05) is 20.6 Å². The number of hydrogen-bond acceptors (Lipinski definition) is 2. The zero-order chi connectivity index (χ0) is 13.4. The summed E-state index contributed by atoms with van der Waals surface area (Å²) in [7, 11) is 4.45. The summed E-state index contributed by atoms with van der Waals surface area (Å²) in [5, 5.41) is 3.42. The first-order valence-corrected chi connectivity index (χ1v) is 8.08. The predicted molar refractivity (Wildman–Crippen MR) is 81.0 cm³/mol. The van der Waals surface area contributed by atoms with Crippen LogP contribution in [0.3, 0.4) is 0 Å². The highest BCUT2D eigenvalue weighted by Crippen LogP contribution is 2.24. The summed E-state index contributed by atoms with van der Waals surface area (Å²) >= 11 is 0. The SMILES string of the molecule is CCCCC(CC)CN(C)C1CCC(NC)CC1. The molecule has 1 atom stereocenters. The van der Waals surface area contributed by atoms with E-state index in [9.17, 15) is 0 Å². The van der Waals surface area contributed by atoms with Crippen LogP contribution in [0.15, 0.2) is 0 Å². The van der Waals surface area contributed by atoms with Crippen molar-refractivity contribution in [3.8, 4) is 0 Å². The fraction of sp³-hybridized carbons (Fsp3) is 1.00. The fourth-order valence-corrected chi connectivity index (χ4v) is 3.28. The van der Waals surface area contributed by atoms with Gasteiger partial charge in [0.15, 0.2) is 0 Å². The highest BCUT2D eigenvalue weighted by Gasteiger charge is 2.24. The Kier molecular flexibility index (Phi) is 7.92. The van der Waals surface area contributed by atoms with Crippen LogP contribution in [-0.2, 0) is 0 Å². The second kappa shape index (κ2) is 8.92. The van der Waals surface area contributed by atoms with E-state index in [1.54, 1.807) is 0 Å². The van der Waals surface area contributed by atoms with E-state index in [0.29, 0.717) is 0 Å². The van der Waals surface area contributed by atoms with Gasteiger partial charge in [0.2, 0.25) is 0 Å². The zero-order valence-electron chi connectivity index (χ0n) is 13.0. The Labute approximate surface area is 115 Å². The molecule has 0 saturated heterocycles. The normalized spacial score (nSPS) is 26.5. The van der Waals surface area contributed by atoms with Gasteiger partial charge in [-0.3, -0.25) is 0 Å². The van der Waals surface area contributed by atoms with Gasteiger partial charge in [0.25, 0.3) is 0 Å². The summed E-state index contributed by atoms with van der Waals surface area (Å²) in [4.78, 5) is 2.65. The van der Waals surface area contributed by atoms with E-state index in [2.05, 4.69) is 38.2 Å². The van der Waals surface area contributed by atoms with E-state index in [0.717, 1.165) is 18.0 Å². The lowest BCUT2D eigenvalue weighted by Crippen LogP contribution is -2.41. The minimum absolute atomic E-state index is 0.775. The van der Waals surface area contributed by atoms with Crippen LogP contribution in [0.25, 0.3) is 0 Å². The molecule has 2 nitrogen and oxygen atoms in total. The van der Waals surface area contributed by atoms with E-state index in [1.165, 1.54) is 57.9 Å². The van der Waals surface area contributed by atoms with E-state index in [4.69, 9.17) is 0 Å². The minimum Gasteiger partial charge on any atom is -0.317 e. The molecule has 0 aromatic carbocycles. The van der Waals surface area contributed by atoms with Crippen molar-refractivity contribution in [3.05, 3.63) is 0 Å². The standard InChI is InChI=1S/C16H34N2/c1-5-7-8-14(6-2)13-18(4)16-11-9-15(17-3)10-12-16/h14-17H,5-13H2,1-4H3. The monoisotopic (exact) mass is 254 g/mol. The maximum Gasteiger partial charge on any atom is 0.00934 e. The molecular weight excluding hydrogens is 220 g/mol. The van der Waals surface area contributed by atoms with Crippen molar-refractivity contribution >= 4 is 0 Å². The summed E-state index contributed by atoms with van der Waals surface area (Å²) in [5.74, 6) is 0.914. The Morgan fingerprint density at radius 1 is 1.17 bits per heavy atom. The molecule has 0 aromatic rings. The van der Waals surface area contributed by atoms with Gasteiger partial charge in [0.05, 0.1) is 0 Å². The minimum atomic E-state index is 0.775. The molecule has 1 unspecified atom stereocenters. The Bertz CT molecular complexity index is 197. The van der Waals surface area contributed by atoms with Gasteiger partial charge in [0.1, 0.15) is 0 Å². The first kappa shape index (κ1) is 16.0. The molecule has 0 spiro atoms. The molecular formula is C16H34N2. The van der Waals surface area contributed by atoms with E-state index in [1.807, 2.05) is 0 Å². The quantitative estimate of drug-likeness (QED) is 0.711. The smallest absolute Gasteiger partial charge is 0.00934 e. The van der Waals surface area contributed by atoms with Crippen LogP contribution >= 0.6 is 0 Å². The molecule has 1 N–H and O–H groups in total. The molecule has 108 valence electrons. The molecule has 0 bridgehead atoms. The largest absolute Gasteiger partial charge is 0.317 e. The van der Waals surface area contributed by atoms with Crippen molar-refractivity contribution in [2.24, 2.45) is 5.92 Å². The summed E-state index contributed by atoms with van der Waals surface area (Å²) in [6.45, 7) is 5.97. The van der Waals surface area contributed by atoms with E-state index < -0.39 is 0 Å². The molecule has 1 aliphatic carbocycles. The lowest BCUT2D eigenvalue weighted by atomic mass is 9.89. The average molecular weight is 254 g/mol. The van der Waals surface area contributed by atoms with Gasteiger partial charge in [-0.2, -0.15) is 0 Å². The third-order valence-electron chi connectivity index (χ3n) is 4.82. The highest BCUT2D eigenvalue weighted by molar-refractivity contribution is 4.81. The molecule has 2 heteroatoms. The van der Waals surface area contributed by atoms with Gasteiger partial charge in [-0.05, 0) is 52.1 Å². The third-order valence-corrected chi connectivity index (χ3v) is 4.82. The van der Waals surface area contributed by atoms with Gasteiger partial charge in [-0.1, -0.05) is 33.1 Å². The number of nitrogens with zero attached hydrogens (tertiary/aromatic N) is 1. The molecule has 1 saturated carbocycles. The first-order chi connectivity index (χ1) is 8.71.